The number of carbonyl (C=O) groups is 4. The Kier molecular flexibility index (Phi) is 6.44. The van der Waals surface area contributed by atoms with Crippen LogP contribution < -0.4 is 10.6 Å². The third kappa shape index (κ3) is 5.72. The average Bonchev–Trinajstić information content (AvgIpc) is 2.95. The highest BCUT2D eigenvalue weighted by molar-refractivity contribution is 8.18. The summed E-state index contributed by atoms with van der Waals surface area (Å²) in [6.45, 7) is -0.710. The Morgan fingerprint density at radius 1 is 0.968 bits per heavy atom. The fourth-order valence-electron chi connectivity index (χ4n) is 2.57. The average molecular weight is 449 g/mol. The van der Waals surface area contributed by atoms with E-state index in [9.17, 15) is 32.3 Å². The van der Waals surface area contributed by atoms with Crippen molar-refractivity contribution in [3.8, 4) is 0 Å². The Hall–Kier alpha value is -3.60. The van der Waals surface area contributed by atoms with Crippen molar-refractivity contribution >= 4 is 46.1 Å². The van der Waals surface area contributed by atoms with Gasteiger partial charge in [0.15, 0.2) is 0 Å². The first kappa shape index (κ1) is 22.1. The van der Waals surface area contributed by atoms with Gasteiger partial charge >= 0.3 is 6.18 Å². The van der Waals surface area contributed by atoms with Gasteiger partial charge in [-0.1, -0.05) is 24.3 Å². The lowest BCUT2D eigenvalue weighted by molar-refractivity contribution is -0.137. The van der Waals surface area contributed by atoms with Crippen LogP contribution in [0.5, 0.6) is 0 Å². The molecule has 1 aliphatic heterocycles. The molecule has 0 radical (unpaired) electrons. The molecule has 0 aliphatic carbocycles. The van der Waals surface area contributed by atoms with Gasteiger partial charge < -0.3 is 10.6 Å². The predicted molar refractivity (Wildman–Crippen MR) is 108 cm³/mol. The van der Waals surface area contributed by atoms with Crippen molar-refractivity contribution in [3.63, 3.8) is 0 Å². The largest absolute Gasteiger partial charge is 0.416 e. The molecule has 1 heterocycles. The summed E-state index contributed by atoms with van der Waals surface area (Å²) in [5, 5.41) is 3.97. The van der Waals surface area contributed by atoms with E-state index in [4.69, 9.17) is 0 Å². The van der Waals surface area contributed by atoms with E-state index in [1.807, 2.05) is 0 Å². The number of alkyl halides is 3. The summed E-state index contributed by atoms with van der Waals surface area (Å²) >= 11 is 0.484. The molecule has 2 N–H and O–H groups in total. The second kappa shape index (κ2) is 9.04. The molecular formula is C20H14F3N3O4S. The SMILES string of the molecule is O=C(C=C1SC(=O)N(CC(=O)Nc2cccc(C(F)(F)F)c2)C1=O)Nc1ccccc1. The maximum absolute atomic E-state index is 12.8. The highest BCUT2D eigenvalue weighted by Gasteiger charge is 2.37. The lowest BCUT2D eigenvalue weighted by Crippen LogP contribution is -2.36. The Bertz CT molecular complexity index is 1070. The molecule has 0 saturated carbocycles. The molecule has 11 heteroatoms. The summed E-state index contributed by atoms with van der Waals surface area (Å²) in [5.74, 6) is -2.35. The lowest BCUT2D eigenvalue weighted by atomic mass is 10.2. The first-order chi connectivity index (χ1) is 14.6. The number of amides is 4. The van der Waals surface area contributed by atoms with Gasteiger partial charge in [-0.05, 0) is 42.1 Å². The van der Waals surface area contributed by atoms with Crippen molar-refractivity contribution in [2.24, 2.45) is 0 Å². The van der Waals surface area contributed by atoms with E-state index >= 15 is 0 Å². The molecule has 0 unspecified atom stereocenters. The summed E-state index contributed by atoms with van der Waals surface area (Å²) in [6, 6.07) is 12.4. The number of nitrogens with zero attached hydrogens (tertiary/aromatic N) is 1. The fourth-order valence-corrected chi connectivity index (χ4v) is 3.38. The molecule has 160 valence electrons. The van der Waals surface area contributed by atoms with Crippen molar-refractivity contribution < 1.29 is 32.3 Å². The van der Waals surface area contributed by atoms with Gasteiger partial charge in [0.05, 0.1) is 10.5 Å². The summed E-state index contributed by atoms with van der Waals surface area (Å²) < 4.78 is 38.3. The number of hydrogen-bond donors (Lipinski definition) is 2. The van der Waals surface area contributed by atoms with Crippen LogP contribution in [0.1, 0.15) is 5.56 Å². The number of imide groups is 1. The second-order valence-electron chi connectivity index (χ2n) is 6.25. The standard InChI is InChI=1S/C20H14F3N3O4S/c21-20(22,23)12-5-4-8-14(9-12)25-17(28)11-26-18(29)15(31-19(26)30)10-16(27)24-13-6-2-1-3-7-13/h1-10H,11H2,(H,24,27)(H,25,28). The van der Waals surface area contributed by atoms with Gasteiger partial charge in [-0.3, -0.25) is 24.1 Å². The van der Waals surface area contributed by atoms with Crippen molar-refractivity contribution in [1.82, 2.24) is 4.90 Å². The van der Waals surface area contributed by atoms with E-state index in [1.165, 1.54) is 6.07 Å². The first-order valence-electron chi connectivity index (χ1n) is 8.72. The van der Waals surface area contributed by atoms with E-state index in [-0.39, 0.29) is 10.6 Å². The van der Waals surface area contributed by atoms with E-state index in [2.05, 4.69) is 10.6 Å². The monoisotopic (exact) mass is 449 g/mol. The Morgan fingerprint density at radius 3 is 2.32 bits per heavy atom. The molecule has 4 amide bonds. The van der Waals surface area contributed by atoms with E-state index in [1.54, 1.807) is 30.3 Å². The topological polar surface area (TPSA) is 95.6 Å². The number of halogens is 3. The zero-order valence-corrected chi connectivity index (χ0v) is 16.4. The number of thioether (sulfide) groups is 1. The number of nitrogens with one attached hydrogen (secondary N) is 2. The van der Waals surface area contributed by atoms with Crippen LogP contribution in [-0.4, -0.2) is 34.4 Å². The molecular weight excluding hydrogens is 435 g/mol. The third-order valence-corrected chi connectivity index (χ3v) is 4.86. The molecule has 0 bridgehead atoms. The smallest absolute Gasteiger partial charge is 0.325 e. The summed E-state index contributed by atoms with van der Waals surface area (Å²) in [7, 11) is 0. The summed E-state index contributed by atoms with van der Waals surface area (Å²) in [6.07, 6.45) is -3.64. The molecule has 3 rings (SSSR count). The molecule has 7 nitrogen and oxygen atoms in total. The Balaban J connectivity index is 1.63. The van der Waals surface area contributed by atoms with Crippen LogP contribution in [0.2, 0.25) is 0 Å². The number of hydrogen-bond acceptors (Lipinski definition) is 5. The summed E-state index contributed by atoms with van der Waals surface area (Å²) in [5.41, 5.74) is -0.600. The molecule has 1 aliphatic rings. The zero-order valence-electron chi connectivity index (χ0n) is 15.6. The molecule has 2 aromatic rings. The van der Waals surface area contributed by atoms with Gasteiger partial charge in [0, 0.05) is 17.5 Å². The highest BCUT2D eigenvalue weighted by Crippen LogP contribution is 2.32. The fraction of sp³-hybridized carbons (Fsp3) is 0.100. The molecule has 0 aromatic heterocycles. The number of anilines is 2. The van der Waals surface area contributed by atoms with Crippen molar-refractivity contribution in [1.29, 1.82) is 0 Å². The number of carbonyl (C=O) groups excluding carboxylic acids is 4. The van der Waals surface area contributed by atoms with Crippen molar-refractivity contribution in [2.45, 2.75) is 6.18 Å². The maximum Gasteiger partial charge on any atom is 0.416 e. The van der Waals surface area contributed by atoms with E-state index < -0.39 is 41.2 Å². The second-order valence-corrected chi connectivity index (χ2v) is 7.24. The van der Waals surface area contributed by atoms with Crippen LogP contribution in [0.3, 0.4) is 0 Å². The lowest BCUT2D eigenvalue weighted by Gasteiger charge is -2.13. The minimum absolute atomic E-state index is 0.135. The molecule has 1 fully saturated rings. The minimum atomic E-state index is -4.59. The van der Waals surface area contributed by atoms with E-state index in [0.717, 1.165) is 24.3 Å². The Morgan fingerprint density at radius 2 is 1.65 bits per heavy atom. The van der Waals surface area contributed by atoms with Crippen LogP contribution in [0.15, 0.2) is 65.6 Å². The van der Waals surface area contributed by atoms with Crippen LogP contribution in [0.25, 0.3) is 0 Å². The molecule has 1 saturated heterocycles. The first-order valence-corrected chi connectivity index (χ1v) is 9.53. The number of benzene rings is 2. The van der Waals surface area contributed by atoms with Crippen LogP contribution in [0, 0.1) is 0 Å². The summed E-state index contributed by atoms with van der Waals surface area (Å²) in [4.78, 5) is 49.1. The molecule has 2 aromatic carbocycles. The van der Waals surface area contributed by atoms with Gasteiger partial charge in [0.2, 0.25) is 11.8 Å². The van der Waals surface area contributed by atoms with Crippen LogP contribution in [0.4, 0.5) is 29.3 Å². The van der Waals surface area contributed by atoms with Gasteiger partial charge in [0.1, 0.15) is 6.54 Å². The maximum atomic E-state index is 12.8. The number of para-hydroxylation sites is 1. The molecule has 0 atom stereocenters. The minimum Gasteiger partial charge on any atom is -0.325 e. The van der Waals surface area contributed by atoms with Crippen LogP contribution in [-0.2, 0) is 20.6 Å². The van der Waals surface area contributed by atoms with Gasteiger partial charge in [0.25, 0.3) is 11.1 Å². The van der Waals surface area contributed by atoms with E-state index in [0.29, 0.717) is 22.3 Å². The molecule has 31 heavy (non-hydrogen) atoms. The van der Waals surface area contributed by atoms with Gasteiger partial charge in [-0.15, -0.1) is 0 Å². The van der Waals surface area contributed by atoms with Crippen molar-refractivity contribution in [3.05, 3.63) is 71.1 Å². The highest BCUT2D eigenvalue weighted by atomic mass is 32.2. The third-order valence-electron chi connectivity index (χ3n) is 3.95. The van der Waals surface area contributed by atoms with Gasteiger partial charge in [-0.2, -0.15) is 13.2 Å². The van der Waals surface area contributed by atoms with Crippen molar-refractivity contribution in [2.75, 3.05) is 17.2 Å². The predicted octanol–water partition coefficient (Wildman–Crippen LogP) is 3.86. The quantitative estimate of drug-likeness (QED) is 0.676. The Labute approximate surface area is 178 Å². The van der Waals surface area contributed by atoms with Crippen LogP contribution >= 0.6 is 11.8 Å². The zero-order chi connectivity index (χ0) is 22.6. The molecule has 0 spiro atoms. The normalized spacial score (nSPS) is 15.3. The number of rotatable bonds is 5. The van der Waals surface area contributed by atoms with Gasteiger partial charge in [-0.25, -0.2) is 0 Å².